The summed E-state index contributed by atoms with van der Waals surface area (Å²) >= 11 is 0. The monoisotopic (exact) mass is 517 g/mol. The third kappa shape index (κ3) is 7.45. The number of rotatable bonds is 2. The van der Waals surface area contributed by atoms with Crippen molar-refractivity contribution in [3.05, 3.63) is 65.4 Å². The number of aromatic nitrogens is 2. The van der Waals surface area contributed by atoms with Gasteiger partial charge in [0.25, 0.3) is 6.47 Å². The van der Waals surface area contributed by atoms with Gasteiger partial charge >= 0.3 is 0 Å². The van der Waals surface area contributed by atoms with Crippen molar-refractivity contribution in [2.24, 2.45) is 0 Å². The Kier molecular flexibility index (Phi) is 8.92. The fraction of sp³-hybridized carbons (Fsp3) is 0.320. The highest BCUT2D eigenvalue weighted by molar-refractivity contribution is 7.90. The van der Waals surface area contributed by atoms with E-state index in [1.165, 1.54) is 18.4 Å². The normalized spacial score (nSPS) is 15.1. The number of carboxylic acid groups (broad SMARTS) is 1. The molecule has 1 aromatic heterocycles. The number of halogens is 2. The van der Waals surface area contributed by atoms with Crippen LogP contribution in [0.25, 0.3) is 11.3 Å². The van der Waals surface area contributed by atoms with Crippen molar-refractivity contribution in [2.45, 2.75) is 31.4 Å². The SMILES string of the molecule is CN1CCCCCc2cc(F)ccc2-c2nc(ncc2F)Nc2cc(CS(C)(=N)=O)cc1c2.O=CO. The van der Waals surface area contributed by atoms with Gasteiger partial charge in [0.05, 0.1) is 11.9 Å². The third-order valence-electron chi connectivity index (χ3n) is 5.62. The Bertz CT molecular complexity index is 1340. The number of carbonyl (C=O) groups is 1. The highest BCUT2D eigenvalue weighted by Gasteiger charge is 2.16. The van der Waals surface area contributed by atoms with Crippen LogP contribution in [-0.4, -0.2) is 45.6 Å². The second-order valence-corrected chi connectivity index (χ2v) is 11.0. The van der Waals surface area contributed by atoms with Gasteiger partial charge in [-0.1, -0.05) is 6.42 Å². The van der Waals surface area contributed by atoms with Crippen LogP contribution in [0.3, 0.4) is 0 Å². The standard InChI is InChI=1S/C24H27F2N5OS.CH2O2/c1-31-9-5-3-4-6-17-12-18(25)7-8-21(17)23-22(26)14-28-24(30-23)29-19-10-16(11-20(31)13-19)15-33(2,27)32;2-1-3/h7-8,10-14,27H,3-6,9,15H2,1-2H3,(H,28,29,30);1H,(H,2,3). The second kappa shape index (κ2) is 11.9. The van der Waals surface area contributed by atoms with Crippen LogP contribution < -0.4 is 10.2 Å². The zero-order chi connectivity index (χ0) is 26.3. The van der Waals surface area contributed by atoms with Crippen LogP contribution in [0.1, 0.15) is 30.4 Å². The van der Waals surface area contributed by atoms with E-state index < -0.39 is 15.5 Å². The quantitative estimate of drug-likeness (QED) is 0.400. The predicted octanol–water partition coefficient (Wildman–Crippen LogP) is 5.21. The number of fused-ring (bicyclic) bond motifs is 6. The van der Waals surface area contributed by atoms with E-state index in [-0.39, 0.29) is 29.7 Å². The van der Waals surface area contributed by atoms with Crippen LogP contribution in [0.2, 0.25) is 0 Å². The van der Waals surface area contributed by atoms with Crippen LogP contribution in [0.5, 0.6) is 0 Å². The molecule has 1 aliphatic heterocycles. The van der Waals surface area contributed by atoms with Gasteiger partial charge in [0.2, 0.25) is 5.95 Å². The maximum atomic E-state index is 14.7. The molecule has 1 atom stereocenters. The average Bonchev–Trinajstić information content (AvgIpc) is 2.79. The van der Waals surface area contributed by atoms with Crippen molar-refractivity contribution < 1.29 is 22.9 Å². The van der Waals surface area contributed by atoms with E-state index in [1.807, 2.05) is 25.2 Å². The summed E-state index contributed by atoms with van der Waals surface area (Å²) in [5.74, 6) is -0.612. The van der Waals surface area contributed by atoms with E-state index in [0.717, 1.165) is 48.8 Å². The first kappa shape index (κ1) is 27.0. The minimum Gasteiger partial charge on any atom is -0.483 e. The molecule has 0 radical (unpaired) electrons. The molecule has 1 unspecified atom stereocenters. The van der Waals surface area contributed by atoms with E-state index in [0.29, 0.717) is 17.7 Å². The van der Waals surface area contributed by atoms with E-state index in [1.54, 1.807) is 6.07 Å². The second-order valence-electron chi connectivity index (χ2n) is 8.69. The molecule has 8 nitrogen and oxygen atoms in total. The topological polar surface area (TPSA) is 119 Å². The number of anilines is 3. The summed E-state index contributed by atoms with van der Waals surface area (Å²) in [7, 11) is -0.745. The van der Waals surface area contributed by atoms with Crippen molar-refractivity contribution in [3.63, 3.8) is 0 Å². The van der Waals surface area contributed by atoms with Gasteiger partial charge in [-0.15, -0.1) is 0 Å². The summed E-state index contributed by atoms with van der Waals surface area (Å²) in [6.07, 6.45) is 5.84. The Morgan fingerprint density at radius 3 is 2.67 bits per heavy atom. The number of nitrogens with zero attached hydrogens (tertiary/aromatic N) is 3. The third-order valence-corrected chi connectivity index (χ3v) is 6.51. The molecule has 3 N–H and O–H groups in total. The largest absolute Gasteiger partial charge is 0.483 e. The lowest BCUT2D eigenvalue weighted by Gasteiger charge is -2.21. The number of benzene rings is 2. The Balaban J connectivity index is 0.00000115. The predicted molar refractivity (Wildman–Crippen MR) is 137 cm³/mol. The Morgan fingerprint density at radius 1 is 1.19 bits per heavy atom. The fourth-order valence-electron chi connectivity index (χ4n) is 4.08. The van der Waals surface area contributed by atoms with Gasteiger partial charge in [0.1, 0.15) is 11.5 Å². The summed E-state index contributed by atoms with van der Waals surface area (Å²) in [6.45, 7) is 0.556. The maximum Gasteiger partial charge on any atom is 0.290 e. The molecule has 2 heterocycles. The minimum atomic E-state index is -2.73. The van der Waals surface area contributed by atoms with E-state index in [9.17, 15) is 13.0 Å². The molecule has 0 saturated heterocycles. The van der Waals surface area contributed by atoms with Gasteiger partial charge in [0, 0.05) is 46.5 Å². The van der Waals surface area contributed by atoms with Crippen molar-refractivity contribution in [1.82, 2.24) is 9.97 Å². The van der Waals surface area contributed by atoms with Crippen molar-refractivity contribution in [2.75, 3.05) is 30.1 Å². The van der Waals surface area contributed by atoms with Crippen LogP contribution in [0, 0.1) is 16.4 Å². The molecule has 4 bridgehead atoms. The molecule has 1 aliphatic rings. The lowest BCUT2D eigenvalue weighted by Crippen LogP contribution is -2.19. The fourth-order valence-corrected chi connectivity index (χ4v) is 4.89. The molecular weight excluding hydrogens is 488 g/mol. The van der Waals surface area contributed by atoms with Gasteiger partial charge in [-0.25, -0.2) is 23.0 Å². The van der Waals surface area contributed by atoms with Crippen LogP contribution in [0.15, 0.2) is 42.6 Å². The van der Waals surface area contributed by atoms with E-state index >= 15 is 0 Å². The van der Waals surface area contributed by atoms with Gasteiger partial charge in [0.15, 0.2) is 5.82 Å². The Labute approximate surface area is 209 Å². The summed E-state index contributed by atoms with van der Waals surface area (Å²) < 4.78 is 48.7. The van der Waals surface area contributed by atoms with Crippen molar-refractivity contribution in [3.8, 4) is 11.3 Å². The molecule has 0 saturated carbocycles. The molecule has 0 spiro atoms. The Morgan fingerprint density at radius 2 is 1.94 bits per heavy atom. The van der Waals surface area contributed by atoms with Crippen molar-refractivity contribution >= 4 is 33.5 Å². The average molecular weight is 518 g/mol. The smallest absolute Gasteiger partial charge is 0.290 e. The summed E-state index contributed by atoms with van der Waals surface area (Å²) in [5, 5.41) is 10.0. The van der Waals surface area contributed by atoms with Gasteiger partial charge in [-0.05, 0) is 66.8 Å². The first-order valence-electron chi connectivity index (χ1n) is 11.3. The molecule has 0 amide bonds. The molecule has 0 fully saturated rings. The van der Waals surface area contributed by atoms with Crippen LogP contribution in [-0.2, 0) is 26.7 Å². The number of hydrogen-bond donors (Lipinski definition) is 3. The summed E-state index contributed by atoms with van der Waals surface area (Å²) in [5.41, 5.74) is 3.73. The first-order chi connectivity index (χ1) is 17.1. The zero-order valence-electron chi connectivity index (χ0n) is 20.1. The highest BCUT2D eigenvalue weighted by Crippen LogP contribution is 2.30. The summed E-state index contributed by atoms with van der Waals surface area (Å²) in [4.78, 5) is 19.0. The van der Waals surface area contributed by atoms with Gasteiger partial charge in [-0.2, -0.15) is 0 Å². The number of hydrogen-bond acceptors (Lipinski definition) is 7. The lowest BCUT2D eigenvalue weighted by molar-refractivity contribution is -0.122. The molecule has 3 aromatic rings. The van der Waals surface area contributed by atoms with Crippen molar-refractivity contribution in [1.29, 1.82) is 4.78 Å². The molecule has 0 aliphatic carbocycles. The molecule has 36 heavy (non-hydrogen) atoms. The molecule has 11 heteroatoms. The van der Waals surface area contributed by atoms with E-state index in [4.69, 9.17) is 14.7 Å². The highest BCUT2D eigenvalue weighted by atomic mass is 32.2. The lowest BCUT2D eigenvalue weighted by atomic mass is 9.98. The summed E-state index contributed by atoms with van der Waals surface area (Å²) in [6, 6.07) is 10.0. The van der Waals surface area contributed by atoms with Crippen LogP contribution >= 0.6 is 0 Å². The molecule has 192 valence electrons. The zero-order valence-corrected chi connectivity index (χ0v) is 20.9. The molecular formula is C25H29F2N5O3S. The molecule has 2 aromatic carbocycles. The number of aryl methyl sites for hydroxylation is 1. The minimum absolute atomic E-state index is 0.119. The van der Waals surface area contributed by atoms with E-state index in [2.05, 4.69) is 20.2 Å². The first-order valence-corrected chi connectivity index (χ1v) is 13.5. The molecule has 4 rings (SSSR count). The Hall–Kier alpha value is -3.60. The van der Waals surface area contributed by atoms with Crippen LogP contribution in [0.4, 0.5) is 26.1 Å². The maximum absolute atomic E-state index is 14.7. The van der Waals surface area contributed by atoms with Gasteiger partial charge < -0.3 is 15.3 Å². The number of nitrogens with one attached hydrogen (secondary N) is 2. The van der Waals surface area contributed by atoms with Gasteiger partial charge in [-0.3, -0.25) is 9.57 Å².